The van der Waals surface area contributed by atoms with Gasteiger partial charge in [0.25, 0.3) is 0 Å². The maximum atomic E-state index is 13.8. The molecule has 0 saturated carbocycles. The molecule has 4 nitrogen and oxygen atoms in total. The molecule has 0 unspecified atom stereocenters. The number of piperazine rings is 1. The standard InChI is InChI=1S/C23H27FN2O2/c1-17-7-8-18(2)20(15-17)22(27)9-10-23(28)26-13-11-25(12-14-26)16-19-5-3-4-6-21(19)24/h3-8,15H,9-14,16H2,1-2H3. The van der Waals surface area contributed by atoms with Crippen molar-refractivity contribution >= 4 is 11.7 Å². The number of aryl methyl sites for hydroxylation is 2. The largest absolute Gasteiger partial charge is 0.340 e. The molecule has 5 heteroatoms. The second-order valence-electron chi connectivity index (χ2n) is 7.49. The lowest BCUT2D eigenvalue weighted by Crippen LogP contribution is -2.48. The van der Waals surface area contributed by atoms with Crippen LogP contribution in [0.2, 0.25) is 0 Å². The summed E-state index contributed by atoms with van der Waals surface area (Å²) in [7, 11) is 0. The minimum absolute atomic E-state index is 0.0178. The van der Waals surface area contributed by atoms with Gasteiger partial charge in [-0.05, 0) is 31.5 Å². The minimum Gasteiger partial charge on any atom is -0.340 e. The lowest BCUT2D eigenvalue weighted by Gasteiger charge is -2.34. The average Bonchev–Trinajstić information content (AvgIpc) is 2.70. The van der Waals surface area contributed by atoms with Gasteiger partial charge in [0.2, 0.25) is 5.91 Å². The van der Waals surface area contributed by atoms with E-state index in [2.05, 4.69) is 4.90 Å². The van der Waals surface area contributed by atoms with E-state index in [0.717, 1.165) is 11.1 Å². The number of nitrogens with zero attached hydrogens (tertiary/aromatic N) is 2. The molecule has 3 rings (SSSR count). The van der Waals surface area contributed by atoms with Crippen LogP contribution in [0.4, 0.5) is 4.39 Å². The molecule has 0 atom stereocenters. The van der Waals surface area contributed by atoms with E-state index in [1.165, 1.54) is 6.07 Å². The van der Waals surface area contributed by atoms with Gasteiger partial charge in [-0.25, -0.2) is 4.39 Å². The van der Waals surface area contributed by atoms with E-state index < -0.39 is 0 Å². The molecule has 1 amide bonds. The van der Waals surface area contributed by atoms with Crippen molar-refractivity contribution in [2.24, 2.45) is 0 Å². The van der Waals surface area contributed by atoms with Gasteiger partial charge in [-0.15, -0.1) is 0 Å². The summed E-state index contributed by atoms with van der Waals surface area (Å²) in [6.45, 7) is 7.09. The molecule has 0 radical (unpaired) electrons. The van der Waals surface area contributed by atoms with Crippen molar-refractivity contribution < 1.29 is 14.0 Å². The van der Waals surface area contributed by atoms with Gasteiger partial charge >= 0.3 is 0 Å². The van der Waals surface area contributed by atoms with Crippen molar-refractivity contribution in [1.82, 2.24) is 9.80 Å². The van der Waals surface area contributed by atoms with Crippen LogP contribution in [0.15, 0.2) is 42.5 Å². The van der Waals surface area contributed by atoms with Gasteiger partial charge in [0, 0.05) is 56.7 Å². The van der Waals surface area contributed by atoms with E-state index in [4.69, 9.17) is 0 Å². The summed E-state index contributed by atoms with van der Waals surface area (Å²) in [4.78, 5) is 28.9. The number of Topliss-reactive ketones (excluding diaryl/α,β-unsaturated/α-hetero) is 1. The maximum Gasteiger partial charge on any atom is 0.223 e. The Morgan fingerprint density at radius 3 is 2.39 bits per heavy atom. The van der Waals surface area contributed by atoms with E-state index in [1.807, 2.05) is 43.0 Å². The number of halogens is 1. The lowest BCUT2D eigenvalue weighted by atomic mass is 9.99. The van der Waals surface area contributed by atoms with Crippen molar-refractivity contribution in [3.63, 3.8) is 0 Å². The highest BCUT2D eigenvalue weighted by Gasteiger charge is 2.22. The molecule has 1 aliphatic heterocycles. The van der Waals surface area contributed by atoms with E-state index in [9.17, 15) is 14.0 Å². The van der Waals surface area contributed by atoms with Crippen molar-refractivity contribution in [1.29, 1.82) is 0 Å². The summed E-state index contributed by atoms with van der Waals surface area (Å²) in [6.07, 6.45) is 0.470. The number of amides is 1. The number of ketones is 1. The highest BCUT2D eigenvalue weighted by atomic mass is 19.1. The SMILES string of the molecule is Cc1ccc(C)c(C(=O)CCC(=O)N2CCN(Cc3ccccc3F)CC2)c1. The summed E-state index contributed by atoms with van der Waals surface area (Å²) in [5.41, 5.74) is 3.39. The summed E-state index contributed by atoms with van der Waals surface area (Å²) in [5, 5.41) is 0. The molecule has 2 aromatic carbocycles. The van der Waals surface area contributed by atoms with Gasteiger partial charge in [0.05, 0.1) is 0 Å². The maximum absolute atomic E-state index is 13.8. The van der Waals surface area contributed by atoms with Crippen LogP contribution < -0.4 is 0 Å². The summed E-state index contributed by atoms with van der Waals surface area (Å²) >= 11 is 0. The number of carbonyl (C=O) groups excluding carboxylic acids is 2. The zero-order valence-corrected chi connectivity index (χ0v) is 16.6. The zero-order chi connectivity index (χ0) is 20.1. The van der Waals surface area contributed by atoms with E-state index >= 15 is 0 Å². The Hall–Kier alpha value is -2.53. The molecule has 1 saturated heterocycles. The lowest BCUT2D eigenvalue weighted by molar-refractivity contribution is -0.133. The molecule has 0 spiro atoms. The fourth-order valence-electron chi connectivity index (χ4n) is 3.57. The van der Waals surface area contributed by atoms with Gasteiger partial charge < -0.3 is 4.90 Å². The average molecular weight is 382 g/mol. The molecule has 148 valence electrons. The van der Waals surface area contributed by atoms with Crippen molar-refractivity contribution in [3.8, 4) is 0 Å². The summed E-state index contributed by atoms with van der Waals surface area (Å²) in [6, 6.07) is 12.6. The first-order valence-electron chi connectivity index (χ1n) is 9.78. The minimum atomic E-state index is -0.189. The summed E-state index contributed by atoms with van der Waals surface area (Å²) in [5.74, 6) is -0.150. The van der Waals surface area contributed by atoms with Crippen molar-refractivity contribution in [3.05, 3.63) is 70.5 Å². The Bertz CT molecular complexity index is 857. The van der Waals surface area contributed by atoms with Crippen LogP contribution in [0.1, 0.15) is 39.9 Å². The van der Waals surface area contributed by atoms with Gasteiger partial charge in [0.1, 0.15) is 5.82 Å². The van der Waals surface area contributed by atoms with Crippen LogP contribution in [-0.2, 0) is 11.3 Å². The number of rotatable bonds is 6. The van der Waals surface area contributed by atoms with E-state index in [-0.39, 0.29) is 30.3 Å². The Balaban J connectivity index is 1.47. The predicted octanol–water partition coefficient (Wildman–Crippen LogP) is 3.75. The molecule has 28 heavy (non-hydrogen) atoms. The quantitative estimate of drug-likeness (QED) is 0.715. The normalized spacial score (nSPS) is 14.9. The van der Waals surface area contributed by atoms with Crippen LogP contribution in [0.25, 0.3) is 0 Å². The fourth-order valence-corrected chi connectivity index (χ4v) is 3.57. The third-order valence-corrected chi connectivity index (χ3v) is 5.34. The molecule has 0 N–H and O–H groups in total. The number of carbonyl (C=O) groups is 2. The summed E-state index contributed by atoms with van der Waals surface area (Å²) < 4.78 is 13.8. The van der Waals surface area contributed by atoms with Gasteiger partial charge in [-0.2, -0.15) is 0 Å². The molecule has 2 aromatic rings. The van der Waals surface area contributed by atoms with E-state index in [1.54, 1.807) is 12.1 Å². The van der Waals surface area contributed by atoms with E-state index in [0.29, 0.717) is 43.9 Å². The van der Waals surface area contributed by atoms with Crippen LogP contribution in [-0.4, -0.2) is 47.7 Å². The molecule has 1 aliphatic rings. The zero-order valence-electron chi connectivity index (χ0n) is 16.6. The van der Waals surface area contributed by atoms with Crippen molar-refractivity contribution in [2.45, 2.75) is 33.2 Å². The smallest absolute Gasteiger partial charge is 0.223 e. The number of benzene rings is 2. The highest BCUT2D eigenvalue weighted by Crippen LogP contribution is 2.16. The Kier molecular flexibility index (Phi) is 6.57. The Labute approximate surface area is 166 Å². The Morgan fingerprint density at radius 1 is 0.964 bits per heavy atom. The molecular formula is C23H27FN2O2. The first-order chi connectivity index (χ1) is 13.4. The van der Waals surface area contributed by atoms with Crippen molar-refractivity contribution in [2.75, 3.05) is 26.2 Å². The molecule has 0 aliphatic carbocycles. The predicted molar refractivity (Wildman–Crippen MR) is 108 cm³/mol. The molecule has 1 fully saturated rings. The third kappa shape index (κ3) is 5.04. The second kappa shape index (κ2) is 9.11. The van der Waals surface area contributed by atoms with Crippen LogP contribution in [0.5, 0.6) is 0 Å². The monoisotopic (exact) mass is 382 g/mol. The molecular weight excluding hydrogens is 355 g/mol. The molecule has 0 aromatic heterocycles. The van der Waals surface area contributed by atoms with Gasteiger partial charge in [-0.1, -0.05) is 35.9 Å². The highest BCUT2D eigenvalue weighted by molar-refractivity contribution is 5.99. The first-order valence-corrected chi connectivity index (χ1v) is 9.78. The second-order valence-corrected chi connectivity index (χ2v) is 7.49. The van der Waals surface area contributed by atoms with Crippen LogP contribution in [0.3, 0.4) is 0 Å². The third-order valence-electron chi connectivity index (χ3n) is 5.34. The number of hydrogen-bond acceptors (Lipinski definition) is 3. The fraction of sp³-hybridized carbons (Fsp3) is 0.391. The van der Waals surface area contributed by atoms with Gasteiger partial charge in [-0.3, -0.25) is 14.5 Å². The topological polar surface area (TPSA) is 40.6 Å². The van der Waals surface area contributed by atoms with Crippen LogP contribution >= 0.6 is 0 Å². The molecule has 1 heterocycles. The van der Waals surface area contributed by atoms with Crippen LogP contribution in [0, 0.1) is 19.7 Å². The number of hydrogen-bond donors (Lipinski definition) is 0. The Morgan fingerprint density at radius 2 is 1.68 bits per heavy atom. The van der Waals surface area contributed by atoms with Gasteiger partial charge in [0.15, 0.2) is 5.78 Å². The molecule has 0 bridgehead atoms. The first kappa shape index (κ1) is 20.2.